The average Bonchev–Trinajstić information content (AvgIpc) is 3.38. The summed E-state index contributed by atoms with van der Waals surface area (Å²) >= 11 is 0. The van der Waals surface area contributed by atoms with E-state index in [1.54, 1.807) is 18.0 Å². The molecule has 1 fully saturated rings. The zero-order valence-electron chi connectivity index (χ0n) is 15.0. The zero-order chi connectivity index (χ0) is 18.3. The molecule has 0 saturated heterocycles. The lowest BCUT2D eigenvalue weighted by molar-refractivity contribution is -0.384. The van der Waals surface area contributed by atoms with Gasteiger partial charge in [0.2, 0.25) is 0 Å². The van der Waals surface area contributed by atoms with Gasteiger partial charge in [0.25, 0.3) is 11.6 Å². The fourth-order valence-electron chi connectivity index (χ4n) is 3.38. The Balaban J connectivity index is 1.86. The summed E-state index contributed by atoms with van der Waals surface area (Å²) in [5.41, 5.74) is 3.62. The van der Waals surface area contributed by atoms with Gasteiger partial charge in [0.1, 0.15) is 0 Å². The Hall–Kier alpha value is -2.63. The summed E-state index contributed by atoms with van der Waals surface area (Å²) in [5.74, 6) is -0.0565. The monoisotopic (exact) mass is 341 g/mol. The summed E-state index contributed by atoms with van der Waals surface area (Å²) < 4.78 is 2.25. The second-order valence-corrected chi connectivity index (χ2v) is 6.83. The van der Waals surface area contributed by atoms with Crippen molar-refractivity contribution >= 4 is 11.6 Å². The molecule has 1 heterocycles. The Morgan fingerprint density at radius 3 is 2.60 bits per heavy atom. The van der Waals surface area contributed by atoms with Gasteiger partial charge in [-0.1, -0.05) is 12.1 Å². The molecule has 1 atom stereocenters. The minimum absolute atomic E-state index is 0.0390. The van der Waals surface area contributed by atoms with Gasteiger partial charge in [0, 0.05) is 36.6 Å². The molecular formula is C19H23N3O3. The maximum Gasteiger partial charge on any atom is 0.269 e. The first-order valence-corrected chi connectivity index (χ1v) is 8.51. The largest absolute Gasteiger partial charge is 0.345 e. The molecule has 0 bridgehead atoms. The van der Waals surface area contributed by atoms with Crippen LogP contribution in [-0.4, -0.2) is 27.3 Å². The highest BCUT2D eigenvalue weighted by molar-refractivity contribution is 5.95. The molecule has 1 amide bonds. The Morgan fingerprint density at radius 2 is 2.00 bits per heavy atom. The molecule has 1 aliphatic carbocycles. The van der Waals surface area contributed by atoms with E-state index >= 15 is 0 Å². The number of hydrogen-bond acceptors (Lipinski definition) is 3. The molecule has 6 nitrogen and oxygen atoms in total. The number of aromatic nitrogens is 1. The molecule has 1 unspecified atom stereocenters. The van der Waals surface area contributed by atoms with Crippen molar-refractivity contribution in [3.8, 4) is 0 Å². The van der Waals surface area contributed by atoms with Crippen molar-refractivity contribution in [3.63, 3.8) is 0 Å². The topological polar surface area (TPSA) is 68.4 Å². The second-order valence-electron chi connectivity index (χ2n) is 6.83. The highest BCUT2D eigenvalue weighted by atomic mass is 16.6. The number of rotatable bonds is 5. The Labute approximate surface area is 147 Å². The van der Waals surface area contributed by atoms with Crippen molar-refractivity contribution in [1.29, 1.82) is 0 Å². The van der Waals surface area contributed by atoms with Crippen LogP contribution in [0.1, 0.15) is 59.2 Å². The first kappa shape index (κ1) is 17.2. The van der Waals surface area contributed by atoms with Gasteiger partial charge in [-0.2, -0.15) is 0 Å². The fourth-order valence-corrected chi connectivity index (χ4v) is 3.38. The lowest BCUT2D eigenvalue weighted by atomic mass is 10.1. The lowest BCUT2D eigenvalue weighted by Gasteiger charge is -2.25. The van der Waals surface area contributed by atoms with Crippen LogP contribution in [0.5, 0.6) is 0 Å². The summed E-state index contributed by atoms with van der Waals surface area (Å²) in [5, 5.41) is 11.0. The van der Waals surface area contributed by atoms with Crippen LogP contribution in [0.4, 0.5) is 5.69 Å². The van der Waals surface area contributed by atoms with Crippen LogP contribution in [0, 0.1) is 24.0 Å². The Kier molecular flexibility index (Phi) is 4.37. The number of nitrogens with zero attached hydrogens (tertiary/aromatic N) is 3. The number of nitro groups is 1. The van der Waals surface area contributed by atoms with Crippen molar-refractivity contribution in [1.82, 2.24) is 9.47 Å². The summed E-state index contributed by atoms with van der Waals surface area (Å²) in [6, 6.07) is 8.68. The molecule has 0 radical (unpaired) electrons. The number of non-ortho nitro benzene ring substituents is 1. The van der Waals surface area contributed by atoms with Crippen LogP contribution in [-0.2, 0) is 0 Å². The minimum atomic E-state index is -0.415. The number of benzene rings is 1. The van der Waals surface area contributed by atoms with E-state index in [0.29, 0.717) is 11.6 Å². The molecule has 132 valence electrons. The molecule has 0 aliphatic heterocycles. The molecule has 1 aromatic carbocycles. The fraction of sp³-hybridized carbons (Fsp3) is 0.421. The molecule has 25 heavy (non-hydrogen) atoms. The van der Waals surface area contributed by atoms with E-state index in [0.717, 1.165) is 17.0 Å². The van der Waals surface area contributed by atoms with E-state index < -0.39 is 4.92 Å². The summed E-state index contributed by atoms with van der Waals surface area (Å²) in [6.45, 7) is 5.91. The zero-order valence-corrected chi connectivity index (χ0v) is 15.0. The van der Waals surface area contributed by atoms with Gasteiger partial charge in [0.05, 0.1) is 16.5 Å². The predicted octanol–water partition coefficient (Wildman–Crippen LogP) is 4.18. The quantitative estimate of drug-likeness (QED) is 0.605. The van der Waals surface area contributed by atoms with Gasteiger partial charge >= 0.3 is 0 Å². The Bertz CT molecular complexity index is 836. The summed E-state index contributed by atoms with van der Waals surface area (Å²) in [6.07, 6.45) is 2.34. The van der Waals surface area contributed by atoms with Gasteiger partial charge in [-0.05, 0) is 45.2 Å². The van der Waals surface area contributed by atoms with Crippen molar-refractivity contribution in [2.45, 2.75) is 45.7 Å². The minimum Gasteiger partial charge on any atom is -0.345 e. The Morgan fingerprint density at radius 1 is 1.32 bits per heavy atom. The van der Waals surface area contributed by atoms with Crippen molar-refractivity contribution in [3.05, 3.63) is 63.0 Å². The third kappa shape index (κ3) is 3.16. The first-order valence-electron chi connectivity index (χ1n) is 8.51. The summed E-state index contributed by atoms with van der Waals surface area (Å²) in [7, 11) is 1.75. The average molecular weight is 341 g/mol. The molecular weight excluding hydrogens is 318 g/mol. The second kappa shape index (κ2) is 6.35. The number of amides is 1. The van der Waals surface area contributed by atoms with E-state index in [9.17, 15) is 14.9 Å². The molecule has 6 heteroatoms. The van der Waals surface area contributed by atoms with Gasteiger partial charge in [-0.25, -0.2) is 0 Å². The molecule has 0 N–H and O–H groups in total. The van der Waals surface area contributed by atoms with Crippen molar-refractivity contribution < 1.29 is 9.72 Å². The molecule has 1 aliphatic rings. The van der Waals surface area contributed by atoms with Gasteiger partial charge in [-0.15, -0.1) is 0 Å². The third-order valence-electron chi connectivity index (χ3n) is 5.09. The number of nitro benzene ring substituents is 1. The van der Waals surface area contributed by atoms with Crippen LogP contribution in [0.3, 0.4) is 0 Å². The highest BCUT2D eigenvalue weighted by Crippen LogP contribution is 2.38. The number of carbonyl (C=O) groups excluding carboxylic acids is 1. The van der Waals surface area contributed by atoms with Gasteiger partial charge < -0.3 is 9.47 Å². The maximum atomic E-state index is 13.0. The van der Waals surface area contributed by atoms with Crippen LogP contribution in [0.25, 0.3) is 0 Å². The van der Waals surface area contributed by atoms with Crippen LogP contribution in [0.2, 0.25) is 0 Å². The standard InChI is InChI=1S/C19H23N3O3/c1-12-10-18(14(3)21(12)16-8-9-16)19(23)20(4)13(2)15-6-5-7-17(11-15)22(24)25/h5-7,10-11,13,16H,8-9H2,1-4H3. The van der Waals surface area contributed by atoms with Gasteiger partial charge in [-0.3, -0.25) is 14.9 Å². The van der Waals surface area contributed by atoms with E-state index in [1.165, 1.54) is 25.0 Å². The van der Waals surface area contributed by atoms with Crippen LogP contribution >= 0.6 is 0 Å². The highest BCUT2D eigenvalue weighted by Gasteiger charge is 2.30. The number of aryl methyl sites for hydroxylation is 1. The first-order chi connectivity index (χ1) is 11.8. The molecule has 3 rings (SSSR count). The molecule has 1 saturated carbocycles. The van der Waals surface area contributed by atoms with E-state index in [2.05, 4.69) is 4.57 Å². The van der Waals surface area contributed by atoms with E-state index in [4.69, 9.17) is 0 Å². The van der Waals surface area contributed by atoms with E-state index in [1.807, 2.05) is 32.9 Å². The molecule has 2 aromatic rings. The third-order valence-corrected chi connectivity index (χ3v) is 5.09. The van der Waals surface area contributed by atoms with Crippen LogP contribution in [0.15, 0.2) is 30.3 Å². The SMILES string of the molecule is Cc1cc(C(=O)N(C)C(C)c2cccc([N+](=O)[O-])c2)c(C)n1C1CC1. The number of hydrogen-bond donors (Lipinski definition) is 0. The maximum absolute atomic E-state index is 13.0. The number of carbonyl (C=O) groups is 1. The van der Waals surface area contributed by atoms with Crippen molar-refractivity contribution in [2.75, 3.05) is 7.05 Å². The van der Waals surface area contributed by atoms with Gasteiger partial charge in [0.15, 0.2) is 0 Å². The van der Waals surface area contributed by atoms with Crippen LogP contribution < -0.4 is 0 Å². The lowest BCUT2D eigenvalue weighted by Crippen LogP contribution is -2.30. The molecule has 0 spiro atoms. The smallest absolute Gasteiger partial charge is 0.269 e. The predicted molar refractivity (Wildman–Crippen MR) is 95.8 cm³/mol. The summed E-state index contributed by atoms with van der Waals surface area (Å²) in [4.78, 5) is 25.2. The normalized spacial score (nSPS) is 15.0. The van der Waals surface area contributed by atoms with Crippen molar-refractivity contribution in [2.24, 2.45) is 0 Å². The molecule has 1 aromatic heterocycles. The van der Waals surface area contributed by atoms with E-state index in [-0.39, 0.29) is 17.6 Å².